The van der Waals surface area contributed by atoms with E-state index in [1.165, 1.54) is 0 Å². The number of ether oxygens (including phenoxy) is 1. The molecule has 6 N–H and O–H groups in total. The third kappa shape index (κ3) is 4.14. The molecule has 2 aromatic heterocycles. The Morgan fingerprint density at radius 1 is 1.09 bits per heavy atom. The number of hydrogen-bond acceptors (Lipinski definition) is 8. The van der Waals surface area contributed by atoms with E-state index in [2.05, 4.69) is 15.5 Å². The quantitative estimate of drug-likeness (QED) is 0.225. The highest BCUT2D eigenvalue weighted by atomic mass is 16.5. The first kappa shape index (κ1) is 22.3. The second kappa shape index (κ2) is 9.05. The van der Waals surface area contributed by atoms with Crippen molar-refractivity contribution in [3.05, 3.63) is 71.8 Å². The second-order valence-corrected chi connectivity index (χ2v) is 7.89. The number of aromatic nitrogens is 4. The third-order valence-electron chi connectivity index (χ3n) is 5.69. The predicted molar refractivity (Wildman–Crippen MR) is 133 cm³/mol. The summed E-state index contributed by atoms with van der Waals surface area (Å²) in [7, 11) is 0.0160. The Balaban J connectivity index is 1.63. The van der Waals surface area contributed by atoms with Gasteiger partial charge in [0.05, 0.1) is 18.2 Å². The molecule has 3 aromatic carbocycles. The van der Waals surface area contributed by atoms with Crippen LogP contribution in [0, 0.1) is 0 Å². The van der Waals surface area contributed by atoms with Crippen molar-refractivity contribution in [1.29, 1.82) is 0 Å². The summed E-state index contributed by atoms with van der Waals surface area (Å²) in [6.07, 6.45) is 0. The number of methoxy groups -OCH3 is 1. The summed E-state index contributed by atoms with van der Waals surface area (Å²) in [6, 6.07) is 17.7. The van der Waals surface area contributed by atoms with E-state index in [1.54, 1.807) is 37.4 Å². The zero-order valence-electron chi connectivity index (χ0n) is 18.7. The van der Waals surface area contributed by atoms with Crippen LogP contribution >= 0.6 is 0 Å². The van der Waals surface area contributed by atoms with Crippen molar-refractivity contribution in [3.63, 3.8) is 0 Å². The molecule has 0 aliphatic rings. The number of primary amides is 1. The van der Waals surface area contributed by atoms with E-state index in [9.17, 15) is 14.8 Å². The van der Waals surface area contributed by atoms with Crippen molar-refractivity contribution in [3.8, 4) is 17.3 Å². The molecule has 0 bridgehead atoms. The van der Waals surface area contributed by atoms with Crippen LogP contribution in [0.2, 0.25) is 0 Å². The van der Waals surface area contributed by atoms with Crippen LogP contribution < -0.4 is 21.3 Å². The maximum atomic E-state index is 11.8. The number of nitrogens with one attached hydrogen (secondary N) is 2. The number of para-hydroxylation sites is 2. The summed E-state index contributed by atoms with van der Waals surface area (Å²) < 4.78 is 5.53. The molecule has 2 heterocycles. The molecular weight excluding hydrogens is 447 g/mol. The van der Waals surface area contributed by atoms with E-state index in [-0.39, 0.29) is 0 Å². The SMILES string of the molecule is COc1cccc2c(NCc3cccc(B(O)O)c3)nc(-c3n[nH]c4c(C(N)=O)cccc34)nc12. The fourth-order valence-electron chi connectivity index (χ4n) is 4.00. The van der Waals surface area contributed by atoms with Gasteiger partial charge >= 0.3 is 7.12 Å². The van der Waals surface area contributed by atoms with Crippen molar-refractivity contribution in [2.24, 2.45) is 5.73 Å². The number of nitrogens with zero attached hydrogens (tertiary/aromatic N) is 3. The molecule has 0 saturated heterocycles. The summed E-state index contributed by atoms with van der Waals surface area (Å²) in [5.74, 6) is 0.875. The van der Waals surface area contributed by atoms with Gasteiger partial charge in [-0.05, 0) is 29.2 Å². The molecule has 0 aliphatic carbocycles. The molecule has 0 atom stereocenters. The largest absolute Gasteiger partial charge is 0.494 e. The van der Waals surface area contributed by atoms with Crippen LogP contribution in [-0.2, 0) is 6.54 Å². The van der Waals surface area contributed by atoms with Gasteiger partial charge in [0.25, 0.3) is 5.91 Å². The van der Waals surface area contributed by atoms with Gasteiger partial charge in [-0.2, -0.15) is 5.10 Å². The van der Waals surface area contributed by atoms with E-state index in [0.717, 1.165) is 10.9 Å². The number of amides is 1. The molecule has 11 heteroatoms. The minimum atomic E-state index is -1.55. The number of carbonyl (C=O) groups is 1. The summed E-state index contributed by atoms with van der Waals surface area (Å²) in [5, 5.41) is 30.9. The number of carbonyl (C=O) groups excluding carboxylic acids is 1. The van der Waals surface area contributed by atoms with Crippen LogP contribution in [-0.4, -0.2) is 50.3 Å². The van der Waals surface area contributed by atoms with Crippen molar-refractivity contribution in [2.45, 2.75) is 6.54 Å². The van der Waals surface area contributed by atoms with Gasteiger partial charge in [-0.25, -0.2) is 9.97 Å². The second-order valence-electron chi connectivity index (χ2n) is 7.89. The van der Waals surface area contributed by atoms with Crippen molar-refractivity contribution in [1.82, 2.24) is 20.2 Å². The normalized spacial score (nSPS) is 11.1. The summed E-state index contributed by atoms with van der Waals surface area (Å²) in [5.41, 5.74) is 8.62. The van der Waals surface area contributed by atoms with Gasteiger partial charge in [-0.1, -0.05) is 42.5 Å². The fourth-order valence-corrected chi connectivity index (χ4v) is 4.00. The summed E-state index contributed by atoms with van der Waals surface area (Å²) in [4.78, 5) is 21.3. The summed E-state index contributed by atoms with van der Waals surface area (Å²) in [6.45, 7) is 0.371. The van der Waals surface area contributed by atoms with E-state index in [4.69, 9.17) is 20.4 Å². The van der Waals surface area contributed by atoms with E-state index < -0.39 is 13.0 Å². The average molecular weight is 468 g/mol. The molecule has 5 rings (SSSR count). The van der Waals surface area contributed by atoms with Crippen molar-refractivity contribution < 1.29 is 19.6 Å². The maximum Gasteiger partial charge on any atom is 0.488 e. The molecule has 0 aliphatic heterocycles. The Bertz CT molecular complexity index is 1570. The van der Waals surface area contributed by atoms with Crippen LogP contribution in [0.15, 0.2) is 60.7 Å². The molecule has 174 valence electrons. The smallest absolute Gasteiger partial charge is 0.488 e. The lowest BCUT2D eigenvalue weighted by Gasteiger charge is -2.13. The van der Waals surface area contributed by atoms with Crippen LogP contribution in [0.1, 0.15) is 15.9 Å². The number of aromatic amines is 1. The Morgan fingerprint density at radius 3 is 2.63 bits per heavy atom. The molecule has 0 spiro atoms. The zero-order chi connectivity index (χ0) is 24.5. The lowest BCUT2D eigenvalue weighted by atomic mass is 9.80. The highest BCUT2D eigenvalue weighted by Gasteiger charge is 2.19. The van der Waals surface area contributed by atoms with Gasteiger partial charge in [0, 0.05) is 17.3 Å². The van der Waals surface area contributed by atoms with Crippen LogP contribution in [0.3, 0.4) is 0 Å². The average Bonchev–Trinajstić information content (AvgIpc) is 3.31. The molecule has 0 unspecified atom stereocenters. The lowest BCUT2D eigenvalue weighted by molar-refractivity contribution is 0.100. The number of H-pyrrole nitrogens is 1. The first-order valence-electron chi connectivity index (χ1n) is 10.8. The van der Waals surface area contributed by atoms with Gasteiger partial charge in [0.1, 0.15) is 22.8 Å². The van der Waals surface area contributed by atoms with E-state index in [1.807, 2.05) is 30.3 Å². The summed E-state index contributed by atoms with van der Waals surface area (Å²) >= 11 is 0. The van der Waals surface area contributed by atoms with Gasteiger partial charge in [0.15, 0.2) is 5.82 Å². The Kier molecular flexibility index (Phi) is 5.77. The van der Waals surface area contributed by atoms with Crippen LogP contribution in [0.4, 0.5) is 5.82 Å². The number of rotatable bonds is 7. The zero-order valence-corrected chi connectivity index (χ0v) is 18.7. The fraction of sp³-hybridized carbons (Fsp3) is 0.0833. The number of benzene rings is 3. The van der Waals surface area contributed by atoms with Gasteiger partial charge in [-0.15, -0.1) is 0 Å². The van der Waals surface area contributed by atoms with Crippen molar-refractivity contribution >= 4 is 46.1 Å². The van der Waals surface area contributed by atoms with Crippen molar-refractivity contribution in [2.75, 3.05) is 12.4 Å². The lowest BCUT2D eigenvalue weighted by Crippen LogP contribution is -2.30. The van der Waals surface area contributed by atoms with Gasteiger partial charge in [0.2, 0.25) is 0 Å². The first-order chi connectivity index (χ1) is 17.0. The monoisotopic (exact) mass is 468 g/mol. The first-order valence-corrected chi connectivity index (χ1v) is 10.8. The maximum absolute atomic E-state index is 11.8. The topological polar surface area (TPSA) is 159 Å². The number of nitrogens with two attached hydrogens (primary N) is 1. The highest BCUT2D eigenvalue weighted by Crippen LogP contribution is 2.33. The molecule has 1 amide bonds. The molecule has 10 nitrogen and oxygen atoms in total. The molecule has 0 fully saturated rings. The Hall–Kier alpha value is -4.48. The minimum absolute atomic E-state index is 0.323. The molecular formula is C24H21BN6O4. The third-order valence-corrected chi connectivity index (χ3v) is 5.69. The van der Waals surface area contributed by atoms with E-state index >= 15 is 0 Å². The highest BCUT2D eigenvalue weighted by molar-refractivity contribution is 6.58. The van der Waals surface area contributed by atoms with Crippen LogP contribution in [0.25, 0.3) is 33.3 Å². The number of anilines is 1. The van der Waals surface area contributed by atoms with Gasteiger partial charge < -0.3 is 25.8 Å². The Morgan fingerprint density at radius 2 is 1.86 bits per heavy atom. The Labute approximate surface area is 199 Å². The number of fused-ring (bicyclic) bond motifs is 2. The predicted octanol–water partition coefficient (Wildman–Crippen LogP) is 1.57. The molecule has 5 aromatic rings. The molecule has 0 radical (unpaired) electrons. The molecule has 0 saturated carbocycles. The standard InChI is InChI=1S/C24H21BN6O4/c1-35-18-10-4-9-17-20(18)28-24(21-15-7-3-8-16(22(26)32)19(15)30-31-21)29-23(17)27-12-13-5-2-6-14(11-13)25(33)34/h2-11,33-34H,12H2,1H3,(H2,26,32)(H,30,31)(H,27,28,29). The van der Waals surface area contributed by atoms with Gasteiger partial charge in [-0.3, -0.25) is 9.89 Å². The minimum Gasteiger partial charge on any atom is -0.494 e. The molecule has 35 heavy (non-hydrogen) atoms. The van der Waals surface area contributed by atoms with Crippen LogP contribution in [0.5, 0.6) is 5.75 Å². The van der Waals surface area contributed by atoms with E-state index in [0.29, 0.717) is 57.1 Å². The number of hydrogen-bond donors (Lipinski definition) is 5.